The van der Waals surface area contributed by atoms with Crippen molar-refractivity contribution in [3.8, 4) is 5.75 Å². The summed E-state index contributed by atoms with van der Waals surface area (Å²) in [5, 5.41) is 0. The lowest BCUT2D eigenvalue weighted by Crippen LogP contribution is -2.17. The largest absolute Gasteiger partial charge is 0.497 e. The van der Waals surface area contributed by atoms with E-state index in [2.05, 4.69) is 24.8 Å². The highest BCUT2D eigenvalue weighted by Gasteiger charge is 2.46. The standard InChI is InChI=1S/C17H21NO/c1-4-5-13(2)12-16(18)17(10-11-17)14-6-8-15(19-3)9-7-14/h4-9,12H,1,10-11,18H2,2-3H3/b13-5-,16-12-. The molecular formula is C17H21NO. The van der Waals surface area contributed by atoms with E-state index in [4.69, 9.17) is 10.5 Å². The Morgan fingerprint density at radius 3 is 2.42 bits per heavy atom. The summed E-state index contributed by atoms with van der Waals surface area (Å²) in [5.74, 6) is 0.879. The van der Waals surface area contributed by atoms with Crippen LogP contribution in [0, 0.1) is 0 Å². The molecule has 100 valence electrons. The lowest BCUT2D eigenvalue weighted by Gasteiger charge is -2.17. The number of hydrogen-bond acceptors (Lipinski definition) is 2. The second-order valence-electron chi connectivity index (χ2n) is 5.06. The second-order valence-corrected chi connectivity index (χ2v) is 5.06. The van der Waals surface area contributed by atoms with E-state index in [1.165, 1.54) is 5.56 Å². The molecule has 19 heavy (non-hydrogen) atoms. The van der Waals surface area contributed by atoms with Crippen LogP contribution in [0.25, 0.3) is 0 Å². The third-order valence-corrected chi connectivity index (χ3v) is 3.71. The fraction of sp³-hybridized carbons (Fsp3) is 0.294. The molecule has 1 aliphatic rings. The molecule has 2 rings (SSSR count). The summed E-state index contributed by atoms with van der Waals surface area (Å²) >= 11 is 0. The monoisotopic (exact) mass is 255 g/mol. The van der Waals surface area contributed by atoms with Gasteiger partial charge in [0.05, 0.1) is 7.11 Å². The number of rotatable bonds is 5. The summed E-state index contributed by atoms with van der Waals surface area (Å²) in [4.78, 5) is 0. The minimum absolute atomic E-state index is 0.0303. The average Bonchev–Trinajstić information content (AvgIpc) is 3.20. The summed E-state index contributed by atoms with van der Waals surface area (Å²) in [6.07, 6.45) is 8.04. The molecule has 0 amide bonds. The van der Waals surface area contributed by atoms with E-state index in [1.54, 1.807) is 13.2 Å². The molecule has 2 heteroatoms. The third kappa shape index (κ3) is 2.73. The number of benzene rings is 1. The van der Waals surface area contributed by atoms with Gasteiger partial charge in [-0.15, -0.1) is 0 Å². The first-order chi connectivity index (χ1) is 9.12. The molecule has 1 aliphatic carbocycles. The van der Waals surface area contributed by atoms with Gasteiger partial charge in [-0.3, -0.25) is 0 Å². The average molecular weight is 255 g/mol. The molecular weight excluding hydrogens is 234 g/mol. The Hall–Kier alpha value is -1.96. The zero-order valence-electron chi connectivity index (χ0n) is 11.6. The first-order valence-electron chi connectivity index (χ1n) is 6.54. The highest BCUT2D eigenvalue weighted by Crippen LogP contribution is 2.52. The van der Waals surface area contributed by atoms with Gasteiger partial charge >= 0.3 is 0 Å². The van der Waals surface area contributed by atoms with Gasteiger partial charge in [-0.25, -0.2) is 0 Å². The Morgan fingerprint density at radius 1 is 1.32 bits per heavy atom. The summed E-state index contributed by atoms with van der Waals surface area (Å²) in [6, 6.07) is 8.21. The second kappa shape index (κ2) is 5.35. The Labute approximate surface area is 115 Å². The smallest absolute Gasteiger partial charge is 0.118 e. The molecule has 1 aromatic carbocycles. The molecule has 1 aromatic rings. The van der Waals surface area contributed by atoms with Crippen molar-refractivity contribution in [1.29, 1.82) is 0 Å². The number of ether oxygens (including phenoxy) is 1. The van der Waals surface area contributed by atoms with Crippen LogP contribution in [0.1, 0.15) is 25.3 Å². The minimum Gasteiger partial charge on any atom is -0.497 e. The highest BCUT2D eigenvalue weighted by molar-refractivity contribution is 5.45. The van der Waals surface area contributed by atoms with Crippen molar-refractivity contribution in [2.75, 3.05) is 7.11 Å². The van der Waals surface area contributed by atoms with Crippen molar-refractivity contribution >= 4 is 0 Å². The Kier molecular flexibility index (Phi) is 3.79. The molecule has 0 aliphatic heterocycles. The molecule has 0 bridgehead atoms. The van der Waals surface area contributed by atoms with Crippen molar-refractivity contribution in [2.24, 2.45) is 5.73 Å². The van der Waals surface area contributed by atoms with Crippen molar-refractivity contribution in [3.05, 3.63) is 65.9 Å². The predicted molar refractivity (Wildman–Crippen MR) is 80.1 cm³/mol. The lowest BCUT2D eigenvalue weighted by atomic mass is 9.91. The number of allylic oxidation sites excluding steroid dienone is 5. The van der Waals surface area contributed by atoms with Crippen LogP contribution in [0.4, 0.5) is 0 Å². The molecule has 0 radical (unpaired) electrons. The zero-order valence-corrected chi connectivity index (χ0v) is 11.6. The molecule has 0 unspecified atom stereocenters. The predicted octanol–water partition coefficient (Wildman–Crippen LogP) is 3.70. The normalized spacial score (nSPS) is 18.0. The Bertz CT molecular complexity index is 519. The van der Waals surface area contributed by atoms with E-state index in [0.717, 1.165) is 29.9 Å². The van der Waals surface area contributed by atoms with Crippen LogP contribution < -0.4 is 10.5 Å². The summed E-state index contributed by atoms with van der Waals surface area (Å²) in [7, 11) is 1.68. The maximum absolute atomic E-state index is 6.30. The van der Waals surface area contributed by atoms with Crippen LogP contribution >= 0.6 is 0 Å². The summed E-state index contributed by atoms with van der Waals surface area (Å²) < 4.78 is 5.19. The lowest BCUT2D eigenvalue weighted by molar-refractivity contribution is 0.414. The first-order valence-corrected chi connectivity index (χ1v) is 6.54. The van der Waals surface area contributed by atoms with Gasteiger partial charge in [0.15, 0.2) is 0 Å². The summed E-state index contributed by atoms with van der Waals surface area (Å²) in [6.45, 7) is 5.74. The van der Waals surface area contributed by atoms with Gasteiger partial charge in [0.25, 0.3) is 0 Å². The van der Waals surface area contributed by atoms with Gasteiger partial charge in [0.1, 0.15) is 5.75 Å². The van der Waals surface area contributed by atoms with Crippen molar-refractivity contribution in [3.63, 3.8) is 0 Å². The van der Waals surface area contributed by atoms with Crippen LogP contribution in [-0.2, 0) is 5.41 Å². The maximum atomic E-state index is 6.30. The molecule has 1 saturated carbocycles. The van der Waals surface area contributed by atoms with Gasteiger partial charge in [-0.2, -0.15) is 0 Å². The molecule has 0 aromatic heterocycles. The van der Waals surface area contributed by atoms with Gasteiger partial charge in [-0.1, -0.05) is 30.9 Å². The first kappa shape index (κ1) is 13.5. The Morgan fingerprint density at radius 2 is 1.95 bits per heavy atom. The van der Waals surface area contributed by atoms with E-state index in [9.17, 15) is 0 Å². The van der Waals surface area contributed by atoms with Gasteiger partial charge in [0.2, 0.25) is 0 Å². The molecule has 1 fully saturated rings. The van der Waals surface area contributed by atoms with Crippen LogP contribution in [0.2, 0.25) is 0 Å². The van der Waals surface area contributed by atoms with E-state index >= 15 is 0 Å². The molecule has 0 spiro atoms. The van der Waals surface area contributed by atoms with E-state index in [-0.39, 0.29) is 5.41 Å². The minimum atomic E-state index is 0.0303. The topological polar surface area (TPSA) is 35.2 Å². The molecule has 0 heterocycles. The Balaban J connectivity index is 2.27. The number of hydrogen-bond donors (Lipinski definition) is 1. The molecule has 0 saturated heterocycles. The fourth-order valence-corrected chi connectivity index (χ4v) is 2.40. The molecule has 2 nitrogen and oxygen atoms in total. The van der Waals surface area contributed by atoms with Crippen LogP contribution in [-0.4, -0.2) is 7.11 Å². The van der Waals surface area contributed by atoms with E-state index < -0.39 is 0 Å². The molecule has 0 atom stereocenters. The fourth-order valence-electron chi connectivity index (χ4n) is 2.40. The van der Waals surface area contributed by atoms with Crippen molar-refractivity contribution < 1.29 is 4.74 Å². The van der Waals surface area contributed by atoms with E-state index in [1.807, 2.05) is 25.1 Å². The van der Waals surface area contributed by atoms with Gasteiger partial charge < -0.3 is 10.5 Å². The van der Waals surface area contributed by atoms with Crippen molar-refractivity contribution in [2.45, 2.75) is 25.2 Å². The third-order valence-electron chi connectivity index (χ3n) is 3.71. The SMILES string of the molecule is C=C/C=C(C)\C=C(/N)C1(c2ccc(OC)cc2)CC1. The van der Waals surface area contributed by atoms with Crippen molar-refractivity contribution in [1.82, 2.24) is 0 Å². The van der Waals surface area contributed by atoms with Gasteiger partial charge in [-0.05, 0) is 49.1 Å². The van der Waals surface area contributed by atoms with Crippen LogP contribution in [0.15, 0.2) is 60.3 Å². The van der Waals surface area contributed by atoms with Gasteiger partial charge in [0, 0.05) is 11.1 Å². The quantitative estimate of drug-likeness (QED) is 0.814. The summed E-state index contributed by atoms with van der Waals surface area (Å²) in [5.41, 5.74) is 9.67. The van der Waals surface area contributed by atoms with Crippen LogP contribution in [0.5, 0.6) is 5.75 Å². The number of methoxy groups -OCH3 is 1. The molecule has 2 N–H and O–H groups in total. The maximum Gasteiger partial charge on any atom is 0.118 e. The highest BCUT2D eigenvalue weighted by atomic mass is 16.5. The number of nitrogens with two attached hydrogens (primary N) is 1. The zero-order chi connectivity index (χ0) is 13.9. The van der Waals surface area contributed by atoms with E-state index in [0.29, 0.717) is 0 Å². The van der Waals surface area contributed by atoms with Crippen LogP contribution in [0.3, 0.4) is 0 Å².